The average Bonchev–Trinajstić information content (AvgIpc) is 2.12. The Kier molecular flexibility index (Phi) is 6.81. The molecule has 0 radical (unpaired) electrons. The van der Waals surface area contributed by atoms with Crippen molar-refractivity contribution in [3.8, 4) is 0 Å². The molecule has 0 aromatic carbocycles. The van der Waals surface area contributed by atoms with Crippen molar-refractivity contribution in [1.29, 1.82) is 0 Å². The van der Waals surface area contributed by atoms with Crippen LogP contribution in [0.2, 0.25) is 0 Å². The lowest BCUT2D eigenvalue weighted by Gasteiger charge is -2.20. The van der Waals surface area contributed by atoms with Gasteiger partial charge in [0.2, 0.25) is 0 Å². The third-order valence-electron chi connectivity index (χ3n) is 1.78. The van der Waals surface area contributed by atoms with Crippen LogP contribution >= 0.6 is 0 Å². The molecule has 16 heavy (non-hydrogen) atoms. The SMILES string of the molecule is C=CCNC[C@@H](C)CNC(=O)OC(C)(C)C. The van der Waals surface area contributed by atoms with E-state index in [9.17, 15) is 4.79 Å². The minimum Gasteiger partial charge on any atom is -0.444 e. The molecule has 0 fully saturated rings. The van der Waals surface area contributed by atoms with Gasteiger partial charge >= 0.3 is 6.09 Å². The number of nitrogens with one attached hydrogen (secondary N) is 2. The van der Waals surface area contributed by atoms with E-state index in [1.165, 1.54) is 0 Å². The maximum Gasteiger partial charge on any atom is 0.407 e. The summed E-state index contributed by atoms with van der Waals surface area (Å²) in [4.78, 5) is 11.3. The summed E-state index contributed by atoms with van der Waals surface area (Å²) in [7, 11) is 0. The lowest BCUT2D eigenvalue weighted by Crippen LogP contribution is -2.37. The zero-order valence-corrected chi connectivity index (χ0v) is 10.8. The van der Waals surface area contributed by atoms with Crippen LogP contribution in [0, 0.1) is 5.92 Å². The maximum atomic E-state index is 11.3. The molecule has 1 amide bonds. The summed E-state index contributed by atoms with van der Waals surface area (Å²) < 4.78 is 5.13. The smallest absolute Gasteiger partial charge is 0.407 e. The first-order chi connectivity index (χ1) is 7.35. The molecule has 0 spiro atoms. The summed E-state index contributed by atoms with van der Waals surface area (Å²) in [6.07, 6.45) is 1.46. The van der Waals surface area contributed by atoms with Crippen LogP contribution in [0.3, 0.4) is 0 Å². The van der Waals surface area contributed by atoms with Crippen molar-refractivity contribution in [3.63, 3.8) is 0 Å². The summed E-state index contributed by atoms with van der Waals surface area (Å²) in [6.45, 7) is 13.5. The fourth-order valence-corrected chi connectivity index (χ4v) is 1.08. The van der Waals surface area contributed by atoms with E-state index in [0.717, 1.165) is 13.1 Å². The van der Waals surface area contributed by atoms with E-state index in [4.69, 9.17) is 4.74 Å². The number of amides is 1. The standard InChI is InChI=1S/C12H24N2O2/c1-6-7-13-8-10(2)9-14-11(15)16-12(3,4)5/h6,10,13H,1,7-9H2,2-5H3,(H,14,15)/t10-/m1/s1. The highest BCUT2D eigenvalue weighted by Crippen LogP contribution is 2.06. The number of carbonyl (C=O) groups is 1. The van der Waals surface area contributed by atoms with Crippen molar-refractivity contribution in [2.75, 3.05) is 19.6 Å². The van der Waals surface area contributed by atoms with Crippen molar-refractivity contribution in [2.24, 2.45) is 5.92 Å². The van der Waals surface area contributed by atoms with Gasteiger partial charge in [-0.15, -0.1) is 6.58 Å². The molecular weight excluding hydrogens is 204 g/mol. The first-order valence-corrected chi connectivity index (χ1v) is 5.63. The minimum atomic E-state index is -0.436. The van der Waals surface area contributed by atoms with E-state index < -0.39 is 5.60 Å². The third kappa shape index (κ3) is 9.52. The molecule has 0 saturated heterocycles. The van der Waals surface area contributed by atoms with Crippen molar-refractivity contribution in [1.82, 2.24) is 10.6 Å². The van der Waals surface area contributed by atoms with Gasteiger partial charge in [-0.25, -0.2) is 4.79 Å². The van der Waals surface area contributed by atoms with Gasteiger partial charge in [-0.05, 0) is 33.2 Å². The Labute approximate surface area is 98.4 Å². The van der Waals surface area contributed by atoms with E-state index in [-0.39, 0.29) is 6.09 Å². The van der Waals surface area contributed by atoms with Gasteiger partial charge in [0.1, 0.15) is 5.60 Å². The number of hydrogen-bond acceptors (Lipinski definition) is 3. The molecule has 0 saturated carbocycles. The molecule has 0 unspecified atom stereocenters. The van der Waals surface area contributed by atoms with E-state index in [1.807, 2.05) is 26.8 Å². The van der Waals surface area contributed by atoms with Crippen LogP contribution in [0.25, 0.3) is 0 Å². The molecule has 0 bridgehead atoms. The van der Waals surface area contributed by atoms with Gasteiger partial charge in [0.25, 0.3) is 0 Å². The van der Waals surface area contributed by atoms with Gasteiger partial charge < -0.3 is 15.4 Å². The van der Waals surface area contributed by atoms with Crippen molar-refractivity contribution in [3.05, 3.63) is 12.7 Å². The van der Waals surface area contributed by atoms with Crippen LogP contribution < -0.4 is 10.6 Å². The van der Waals surface area contributed by atoms with Gasteiger partial charge in [0.15, 0.2) is 0 Å². The van der Waals surface area contributed by atoms with Crippen LogP contribution in [0.1, 0.15) is 27.7 Å². The van der Waals surface area contributed by atoms with Gasteiger partial charge in [0, 0.05) is 13.1 Å². The zero-order valence-electron chi connectivity index (χ0n) is 10.8. The average molecular weight is 228 g/mol. The molecule has 4 nitrogen and oxygen atoms in total. The second-order valence-electron chi connectivity index (χ2n) is 4.93. The molecule has 2 N–H and O–H groups in total. The molecule has 0 aliphatic carbocycles. The van der Waals surface area contributed by atoms with Crippen LogP contribution in [0.4, 0.5) is 4.79 Å². The highest BCUT2D eigenvalue weighted by Gasteiger charge is 2.16. The fraction of sp³-hybridized carbons (Fsp3) is 0.750. The van der Waals surface area contributed by atoms with Crippen molar-refractivity contribution < 1.29 is 9.53 Å². The van der Waals surface area contributed by atoms with Crippen molar-refractivity contribution in [2.45, 2.75) is 33.3 Å². The Hall–Kier alpha value is -1.03. The Morgan fingerprint density at radius 3 is 2.56 bits per heavy atom. The molecule has 94 valence electrons. The summed E-state index contributed by atoms with van der Waals surface area (Å²) in [5.74, 6) is 0.368. The number of ether oxygens (including phenoxy) is 1. The number of carbonyl (C=O) groups excluding carboxylic acids is 1. The Morgan fingerprint density at radius 2 is 2.06 bits per heavy atom. The third-order valence-corrected chi connectivity index (χ3v) is 1.78. The Balaban J connectivity index is 3.62. The maximum absolute atomic E-state index is 11.3. The Bertz CT molecular complexity index is 222. The zero-order chi connectivity index (χ0) is 12.6. The van der Waals surface area contributed by atoms with Crippen LogP contribution in [0.15, 0.2) is 12.7 Å². The molecule has 0 aliphatic heterocycles. The van der Waals surface area contributed by atoms with Crippen LogP contribution in [0.5, 0.6) is 0 Å². The van der Waals surface area contributed by atoms with Crippen LogP contribution in [-0.2, 0) is 4.74 Å². The van der Waals surface area contributed by atoms with Gasteiger partial charge in [0.05, 0.1) is 0 Å². The molecule has 0 rings (SSSR count). The first-order valence-electron chi connectivity index (χ1n) is 5.63. The largest absolute Gasteiger partial charge is 0.444 e. The summed E-state index contributed by atoms with van der Waals surface area (Å²) in [5.41, 5.74) is -0.436. The predicted octanol–water partition coefficient (Wildman–Crippen LogP) is 1.92. The lowest BCUT2D eigenvalue weighted by atomic mass is 10.2. The molecule has 4 heteroatoms. The highest BCUT2D eigenvalue weighted by atomic mass is 16.6. The molecule has 0 aliphatic rings. The second-order valence-corrected chi connectivity index (χ2v) is 4.93. The predicted molar refractivity (Wildman–Crippen MR) is 66.5 cm³/mol. The van der Waals surface area contributed by atoms with Gasteiger partial charge in [-0.3, -0.25) is 0 Å². The monoisotopic (exact) mass is 228 g/mol. The van der Waals surface area contributed by atoms with Gasteiger partial charge in [-0.2, -0.15) is 0 Å². The van der Waals surface area contributed by atoms with E-state index >= 15 is 0 Å². The molecule has 0 heterocycles. The summed E-state index contributed by atoms with van der Waals surface area (Å²) >= 11 is 0. The fourth-order valence-electron chi connectivity index (χ4n) is 1.08. The molecule has 0 aromatic heterocycles. The summed E-state index contributed by atoms with van der Waals surface area (Å²) in [5, 5.41) is 5.94. The highest BCUT2D eigenvalue weighted by molar-refractivity contribution is 5.67. The molecule has 0 aromatic rings. The number of hydrogen-bond donors (Lipinski definition) is 2. The molecule has 1 atom stereocenters. The molecular formula is C12H24N2O2. The first kappa shape index (κ1) is 15.0. The van der Waals surface area contributed by atoms with E-state index in [2.05, 4.69) is 24.1 Å². The summed E-state index contributed by atoms with van der Waals surface area (Å²) in [6, 6.07) is 0. The topological polar surface area (TPSA) is 50.4 Å². The quantitative estimate of drug-likeness (QED) is 0.539. The van der Waals surface area contributed by atoms with Gasteiger partial charge in [-0.1, -0.05) is 13.0 Å². The van der Waals surface area contributed by atoms with E-state index in [0.29, 0.717) is 12.5 Å². The van der Waals surface area contributed by atoms with E-state index in [1.54, 1.807) is 0 Å². The normalized spacial score (nSPS) is 13.0. The number of alkyl carbamates (subject to hydrolysis) is 1. The van der Waals surface area contributed by atoms with Crippen molar-refractivity contribution >= 4 is 6.09 Å². The van der Waals surface area contributed by atoms with Crippen LogP contribution in [-0.4, -0.2) is 31.3 Å². The minimum absolute atomic E-state index is 0.358. The Morgan fingerprint density at radius 1 is 1.44 bits per heavy atom. The second kappa shape index (κ2) is 7.28. The number of rotatable bonds is 6. The lowest BCUT2D eigenvalue weighted by molar-refractivity contribution is 0.0520.